The van der Waals surface area contributed by atoms with E-state index in [1.807, 2.05) is 32.0 Å². The first-order chi connectivity index (χ1) is 8.58. The molecule has 0 aliphatic rings. The van der Waals surface area contributed by atoms with Gasteiger partial charge in [0.25, 0.3) is 0 Å². The van der Waals surface area contributed by atoms with Crippen molar-refractivity contribution in [2.75, 3.05) is 5.73 Å². The van der Waals surface area contributed by atoms with Gasteiger partial charge >= 0.3 is 0 Å². The van der Waals surface area contributed by atoms with Crippen LogP contribution >= 0.6 is 0 Å². The number of benzene rings is 2. The summed E-state index contributed by atoms with van der Waals surface area (Å²) in [5.74, 6) is 0.212. The van der Waals surface area contributed by atoms with E-state index in [2.05, 4.69) is 4.99 Å². The molecule has 3 N–H and O–H groups in total. The Balaban J connectivity index is 2.35. The monoisotopic (exact) mass is 240 g/mol. The Kier molecular flexibility index (Phi) is 3.33. The van der Waals surface area contributed by atoms with Crippen LogP contribution in [-0.4, -0.2) is 11.3 Å². The molecule has 0 heterocycles. The Hall–Kier alpha value is -2.29. The predicted molar refractivity (Wildman–Crippen MR) is 75.7 cm³/mol. The summed E-state index contributed by atoms with van der Waals surface area (Å²) in [6, 6.07) is 10.9. The minimum absolute atomic E-state index is 0.212. The standard InChI is InChI=1S/C15H16N2O/c1-10-7-13(16)14(8-11(10)2)17-9-12-5-3-4-6-15(12)18/h3-9,18H,16H2,1-2H3. The highest BCUT2D eigenvalue weighted by molar-refractivity contribution is 5.86. The molecule has 0 spiro atoms. The summed E-state index contributed by atoms with van der Waals surface area (Å²) in [6.07, 6.45) is 1.62. The van der Waals surface area contributed by atoms with Crippen molar-refractivity contribution in [2.45, 2.75) is 13.8 Å². The maximum Gasteiger partial charge on any atom is 0.124 e. The van der Waals surface area contributed by atoms with Crippen LogP contribution in [0.25, 0.3) is 0 Å². The molecular weight excluding hydrogens is 224 g/mol. The lowest BCUT2D eigenvalue weighted by Crippen LogP contribution is -1.90. The maximum atomic E-state index is 9.63. The van der Waals surface area contributed by atoms with E-state index >= 15 is 0 Å². The molecule has 0 radical (unpaired) electrons. The average Bonchev–Trinajstić information content (AvgIpc) is 2.34. The highest BCUT2D eigenvalue weighted by Gasteiger charge is 2.01. The van der Waals surface area contributed by atoms with Gasteiger partial charge in [-0.05, 0) is 49.2 Å². The third kappa shape index (κ3) is 2.51. The molecule has 0 bridgehead atoms. The van der Waals surface area contributed by atoms with Gasteiger partial charge in [-0.25, -0.2) is 0 Å². The summed E-state index contributed by atoms with van der Waals surface area (Å²) in [5, 5.41) is 9.63. The number of nitrogens with zero attached hydrogens (tertiary/aromatic N) is 1. The zero-order valence-corrected chi connectivity index (χ0v) is 10.5. The molecule has 18 heavy (non-hydrogen) atoms. The number of aromatic hydroxyl groups is 1. The number of nitrogens with two attached hydrogens (primary N) is 1. The first-order valence-corrected chi connectivity index (χ1v) is 5.76. The molecule has 0 fully saturated rings. The normalized spacial score (nSPS) is 11.0. The van der Waals surface area contributed by atoms with Gasteiger partial charge in [-0.2, -0.15) is 0 Å². The molecule has 92 valence electrons. The molecule has 0 unspecified atom stereocenters. The first-order valence-electron chi connectivity index (χ1n) is 5.76. The molecule has 0 aliphatic carbocycles. The quantitative estimate of drug-likeness (QED) is 0.624. The summed E-state index contributed by atoms with van der Waals surface area (Å²) < 4.78 is 0. The number of anilines is 1. The minimum atomic E-state index is 0.212. The Labute approximate surface area is 107 Å². The third-order valence-corrected chi connectivity index (χ3v) is 2.92. The lowest BCUT2D eigenvalue weighted by Gasteiger charge is -2.05. The molecule has 0 aromatic heterocycles. The summed E-state index contributed by atoms with van der Waals surface area (Å²) in [6.45, 7) is 4.04. The van der Waals surface area contributed by atoms with Crippen LogP contribution in [0.3, 0.4) is 0 Å². The van der Waals surface area contributed by atoms with Crippen LogP contribution in [0.5, 0.6) is 5.75 Å². The number of nitrogen functional groups attached to an aromatic ring is 1. The minimum Gasteiger partial charge on any atom is -0.507 e. The third-order valence-electron chi connectivity index (χ3n) is 2.92. The van der Waals surface area contributed by atoms with Gasteiger partial charge < -0.3 is 10.8 Å². The van der Waals surface area contributed by atoms with Gasteiger partial charge in [0.05, 0.1) is 11.4 Å². The molecule has 0 aliphatic heterocycles. The van der Waals surface area contributed by atoms with E-state index in [-0.39, 0.29) is 5.75 Å². The van der Waals surface area contributed by atoms with Crippen LogP contribution < -0.4 is 5.73 Å². The summed E-state index contributed by atoms with van der Waals surface area (Å²) in [5.41, 5.74) is 10.3. The topological polar surface area (TPSA) is 58.6 Å². The van der Waals surface area contributed by atoms with Gasteiger partial charge in [0, 0.05) is 11.8 Å². The van der Waals surface area contributed by atoms with E-state index in [4.69, 9.17) is 5.73 Å². The fraction of sp³-hybridized carbons (Fsp3) is 0.133. The summed E-state index contributed by atoms with van der Waals surface area (Å²) in [7, 11) is 0. The summed E-state index contributed by atoms with van der Waals surface area (Å²) >= 11 is 0. The number of hydrogen-bond acceptors (Lipinski definition) is 3. The van der Waals surface area contributed by atoms with Crippen LogP contribution in [-0.2, 0) is 0 Å². The van der Waals surface area contributed by atoms with Crippen molar-refractivity contribution in [1.29, 1.82) is 0 Å². The number of aryl methyl sites for hydroxylation is 2. The number of hydrogen-bond donors (Lipinski definition) is 2. The van der Waals surface area contributed by atoms with Gasteiger partial charge in [-0.1, -0.05) is 12.1 Å². The van der Waals surface area contributed by atoms with E-state index in [0.29, 0.717) is 11.3 Å². The van der Waals surface area contributed by atoms with Gasteiger partial charge in [0.1, 0.15) is 5.75 Å². The van der Waals surface area contributed by atoms with Crippen molar-refractivity contribution < 1.29 is 5.11 Å². The smallest absolute Gasteiger partial charge is 0.124 e. The number of aliphatic imine (C=N–C) groups is 1. The van der Waals surface area contributed by atoms with E-state index in [1.54, 1.807) is 24.4 Å². The molecular formula is C15H16N2O. The van der Waals surface area contributed by atoms with E-state index in [1.165, 1.54) is 0 Å². The molecule has 2 aromatic rings. The first kappa shape index (κ1) is 12.2. The molecule has 3 nitrogen and oxygen atoms in total. The van der Waals surface area contributed by atoms with Gasteiger partial charge in [-0.3, -0.25) is 4.99 Å². The molecule has 0 amide bonds. The van der Waals surface area contributed by atoms with Crippen molar-refractivity contribution in [2.24, 2.45) is 4.99 Å². The van der Waals surface area contributed by atoms with Crippen LogP contribution in [0, 0.1) is 13.8 Å². The molecule has 3 heteroatoms. The van der Waals surface area contributed by atoms with Gasteiger partial charge in [-0.15, -0.1) is 0 Å². The Morgan fingerprint density at radius 3 is 2.50 bits per heavy atom. The largest absolute Gasteiger partial charge is 0.507 e. The highest BCUT2D eigenvalue weighted by atomic mass is 16.3. The van der Waals surface area contributed by atoms with Crippen molar-refractivity contribution in [3.63, 3.8) is 0 Å². The number of para-hydroxylation sites is 1. The molecule has 2 aromatic carbocycles. The van der Waals surface area contributed by atoms with E-state index in [9.17, 15) is 5.11 Å². The molecule has 0 saturated heterocycles. The zero-order chi connectivity index (χ0) is 13.1. The van der Waals surface area contributed by atoms with Crippen molar-refractivity contribution in [1.82, 2.24) is 0 Å². The molecule has 2 rings (SSSR count). The van der Waals surface area contributed by atoms with Crippen LogP contribution in [0.4, 0.5) is 11.4 Å². The second-order valence-electron chi connectivity index (χ2n) is 4.31. The Bertz CT molecular complexity index is 603. The van der Waals surface area contributed by atoms with Crippen LogP contribution in [0.1, 0.15) is 16.7 Å². The van der Waals surface area contributed by atoms with Crippen molar-refractivity contribution in [3.05, 3.63) is 53.1 Å². The number of phenols is 1. The SMILES string of the molecule is Cc1cc(N)c(N=Cc2ccccc2O)cc1C. The lowest BCUT2D eigenvalue weighted by molar-refractivity contribution is 0.474. The molecule has 0 atom stereocenters. The number of phenolic OH excluding ortho intramolecular Hbond substituents is 1. The second kappa shape index (κ2) is 4.92. The number of rotatable bonds is 2. The second-order valence-corrected chi connectivity index (χ2v) is 4.31. The van der Waals surface area contributed by atoms with E-state index < -0.39 is 0 Å². The van der Waals surface area contributed by atoms with Gasteiger partial charge in [0.15, 0.2) is 0 Å². The van der Waals surface area contributed by atoms with Gasteiger partial charge in [0.2, 0.25) is 0 Å². The fourth-order valence-corrected chi connectivity index (χ4v) is 1.67. The highest BCUT2D eigenvalue weighted by Crippen LogP contribution is 2.26. The Morgan fingerprint density at radius 1 is 1.11 bits per heavy atom. The van der Waals surface area contributed by atoms with Crippen molar-refractivity contribution >= 4 is 17.6 Å². The maximum absolute atomic E-state index is 9.63. The average molecular weight is 240 g/mol. The molecule has 0 saturated carbocycles. The lowest BCUT2D eigenvalue weighted by atomic mass is 10.1. The zero-order valence-electron chi connectivity index (χ0n) is 10.5. The van der Waals surface area contributed by atoms with Crippen molar-refractivity contribution in [3.8, 4) is 5.75 Å². The van der Waals surface area contributed by atoms with Crippen LogP contribution in [0.15, 0.2) is 41.4 Å². The van der Waals surface area contributed by atoms with E-state index in [0.717, 1.165) is 16.8 Å². The predicted octanol–water partition coefficient (Wildman–Crippen LogP) is 3.34. The summed E-state index contributed by atoms with van der Waals surface area (Å²) in [4.78, 5) is 4.33. The Morgan fingerprint density at radius 2 is 1.78 bits per heavy atom. The fourth-order valence-electron chi connectivity index (χ4n) is 1.67. The van der Waals surface area contributed by atoms with Crippen LogP contribution in [0.2, 0.25) is 0 Å².